The Kier molecular flexibility index (Phi) is 3.28. The highest BCUT2D eigenvalue weighted by Gasteiger charge is 2.66. The molecule has 4 amide bonds. The number of ether oxygens (including phenoxy) is 1. The van der Waals surface area contributed by atoms with Crippen molar-refractivity contribution in [1.29, 1.82) is 0 Å². The molecule has 2 aliphatic heterocycles. The summed E-state index contributed by atoms with van der Waals surface area (Å²) in [4.78, 5) is 42.2. The van der Waals surface area contributed by atoms with Gasteiger partial charge in [-0.3, -0.25) is 20.2 Å². The van der Waals surface area contributed by atoms with Crippen LogP contribution in [0.1, 0.15) is 13.8 Å². The van der Waals surface area contributed by atoms with Crippen molar-refractivity contribution >= 4 is 23.7 Å². The second-order valence-corrected chi connectivity index (χ2v) is 6.30. The highest BCUT2D eigenvalue weighted by Crippen LogP contribution is 2.49. The number of fused-ring (bicyclic) bond motifs is 1. The number of nitrogens with zero attached hydrogens (tertiary/aromatic N) is 2. The molecule has 3 rings (SSSR count). The van der Waals surface area contributed by atoms with Gasteiger partial charge in [-0.25, -0.2) is 4.79 Å². The van der Waals surface area contributed by atoms with Crippen LogP contribution in [-0.2, 0) is 9.59 Å². The zero-order chi connectivity index (χ0) is 16.8. The third kappa shape index (κ3) is 2.13. The molecule has 122 valence electrons. The molecule has 23 heavy (non-hydrogen) atoms. The van der Waals surface area contributed by atoms with Gasteiger partial charge in [-0.05, 0) is 19.9 Å². The number of rotatable bonds is 2. The number of hydrogen-bond donors (Lipinski definition) is 2. The van der Waals surface area contributed by atoms with Gasteiger partial charge in [-0.1, -0.05) is 6.07 Å². The number of likely N-dealkylation sites (tertiary alicyclic amines) is 1. The predicted octanol–water partition coefficient (Wildman–Crippen LogP) is 0.607. The van der Waals surface area contributed by atoms with E-state index < -0.39 is 16.9 Å². The van der Waals surface area contributed by atoms with Gasteiger partial charge in [0.1, 0.15) is 5.82 Å². The molecule has 8 heteroatoms. The first-order valence-electron chi connectivity index (χ1n) is 7.23. The maximum Gasteiger partial charge on any atom is 0.323 e. The molecule has 2 fully saturated rings. The second kappa shape index (κ2) is 4.94. The lowest BCUT2D eigenvalue weighted by Crippen LogP contribution is -2.40. The molecule has 0 saturated carbocycles. The molecule has 1 aromatic heterocycles. The van der Waals surface area contributed by atoms with E-state index in [1.54, 1.807) is 32.0 Å². The minimum Gasteiger partial charge on any atom is -0.481 e. The minimum absolute atomic E-state index is 0.177. The Morgan fingerprint density at radius 3 is 2.43 bits per heavy atom. The number of nitrogens with one attached hydrogen (secondary N) is 2. The van der Waals surface area contributed by atoms with Gasteiger partial charge in [-0.15, -0.1) is 0 Å². The highest BCUT2D eigenvalue weighted by molar-refractivity contribution is 6.10. The maximum atomic E-state index is 12.4. The van der Waals surface area contributed by atoms with Crippen LogP contribution in [0.4, 0.5) is 10.6 Å². The van der Waals surface area contributed by atoms with Crippen molar-refractivity contribution in [3.63, 3.8) is 0 Å². The van der Waals surface area contributed by atoms with E-state index in [1.165, 1.54) is 12.0 Å². The van der Waals surface area contributed by atoms with Crippen LogP contribution in [0.15, 0.2) is 18.2 Å². The smallest absolute Gasteiger partial charge is 0.323 e. The fourth-order valence-corrected chi connectivity index (χ4v) is 3.12. The van der Waals surface area contributed by atoms with Gasteiger partial charge < -0.3 is 9.64 Å². The first kappa shape index (κ1) is 15.3. The Labute approximate surface area is 133 Å². The minimum atomic E-state index is -0.913. The van der Waals surface area contributed by atoms with Crippen LogP contribution in [0.25, 0.3) is 0 Å². The summed E-state index contributed by atoms with van der Waals surface area (Å²) < 4.78 is 5.01. The summed E-state index contributed by atoms with van der Waals surface area (Å²) in [6.45, 7) is 3.78. The fraction of sp³-hybridized carbons (Fsp3) is 0.467. The van der Waals surface area contributed by atoms with Crippen molar-refractivity contribution in [3.05, 3.63) is 18.2 Å². The molecule has 0 radical (unpaired) electrons. The van der Waals surface area contributed by atoms with E-state index in [1.807, 2.05) is 0 Å². The third-order valence-corrected chi connectivity index (χ3v) is 4.92. The van der Waals surface area contributed by atoms with Gasteiger partial charge in [-0.2, -0.15) is 4.98 Å². The zero-order valence-corrected chi connectivity index (χ0v) is 13.2. The first-order chi connectivity index (χ1) is 10.8. The number of carbonyl (C=O) groups excluding carboxylic acids is 3. The van der Waals surface area contributed by atoms with Crippen LogP contribution < -0.4 is 15.4 Å². The summed E-state index contributed by atoms with van der Waals surface area (Å²) in [5.41, 5.74) is -1.83. The summed E-state index contributed by atoms with van der Waals surface area (Å²) in [5.74, 6) is 0.0617. The Morgan fingerprint density at radius 1 is 1.26 bits per heavy atom. The van der Waals surface area contributed by atoms with E-state index in [4.69, 9.17) is 4.74 Å². The molecule has 3 heterocycles. The number of imide groups is 1. The predicted molar refractivity (Wildman–Crippen MR) is 80.7 cm³/mol. The Bertz CT molecular complexity index is 678. The molecule has 2 N–H and O–H groups in total. The first-order valence-corrected chi connectivity index (χ1v) is 7.23. The second-order valence-electron chi connectivity index (χ2n) is 6.30. The molecule has 0 bridgehead atoms. The molecular formula is C15H18N4O4. The largest absolute Gasteiger partial charge is 0.481 e. The summed E-state index contributed by atoms with van der Waals surface area (Å²) in [6.07, 6.45) is 0. The Morgan fingerprint density at radius 2 is 1.87 bits per heavy atom. The highest BCUT2D eigenvalue weighted by atomic mass is 16.5. The van der Waals surface area contributed by atoms with Crippen molar-refractivity contribution in [2.75, 3.05) is 25.5 Å². The Hall–Kier alpha value is -2.64. The lowest BCUT2D eigenvalue weighted by Gasteiger charge is -2.25. The van der Waals surface area contributed by atoms with E-state index in [9.17, 15) is 14.4 Å². The van der Waals surface area contributed by atoms with Crippen LogP contribution in [-0.4, -0.2) is 47.9 Å². The quantitative estimate of drug-likeness (QED) is 0.778. The molecular weight excluding hydrogens is 300 g/mol. The average Bonchev–Trinajstić information content (AvgIpc) is 2.89. The van der Waals surface area contributed by atoms with Gasteiger partial charge in [0.2, 0.25) is 17.7 Å². The van der Waals surface area contributed by atoms with Crippen molar-refractivity contribution in [3.8, 4) is 5.88 Å². The van der Waals surface area contributed by atoms with Gasteiger partial charge >= 0.3 is 6.03 Å². The Balaban J connectivity index is 1.78. The molecule has 1 aromatic rings. The van der Waals surface area contributed by atoms with Crippen LogP contribution in [0, 0.1) is 10.8 Å². The summed E-state index contributed by atoms with van der Waals surface area (Å²) in [6, 6.07) is 4.61. The lowest BCUT2D eigenvalue weighted by molar-refractivity contribution is -0.128. The lowest BCUT2D eigenvalue weighted by atomic mass is 9.70. The molecule has 0 aromatic carbocycles. The number of anilines is 1. The van der Waals surface area contributed by atoms with Gasteiger partial charge in [0.05, 0.1) is 17.9 Å². The molecule has 2 aliphatic rings. The van der Waals surface area contributed by atoms with Crippen molar-refractivity contribution in [1.82, 2.24) is 15.2 Å². The molecule has 2 saturated heterocycles. The monoisotopic (exact) mass is 318 g/mol. The maximum absolute atomic E-state index is 12.4. The molecule has 8 nitrogen and oxygen atoms in total. The average molecular weight is 318 g/mol. The van der Waals surface area contributed by atoms with Crippen LogP contribution in [0.3, 0.4) is 0 Å². The molecule has 0 aliphatic carbocycles. The van der Waals surface area contributed by atoms with Gasteiger partial charge in [0, 0.05) is 19.2 Å². The summed E-state index contributed by atoms with van der Waals surface area (Å²) in [7, 11) is 1.49. The zero-order valence-electron chi connectivity index (χ0n) is 13.2. The van der Waals surface area contributed by atoms with E-state index in [0.29, 0.717) is 11.7 Å². The summed E-state index contributed by atoms with van der Waals surface area (Å²) in [5, 5.41) is 5.02. The van der Waals surface area contributed by atoms with E-state index >= 15 is 0 Å². The standard InChI is InChI=1S/C15H18N4O4/c1-14-7-19(8-15(14,2)12(21)18-11(14)20)13(22)17-9-5-4-6-10(16-9)23-3/h4-6H,7-8H2,1-3H3,(H,16,17,22)(H,18,20,21). The number of amides is 4. The fourth-order valence-electron chi connectivity index (χ4n) is 3.12. The van der Waals surface area contributed by atoms with Crippen LogP contribution in [0.5, 0.6) is 5.88 Å². The normalized spacial score (nSPS) is 29.3. The number of urea groups is 1. The SMILES string of the molecule is COc1cccc(NC(=O)N2CC3(C)C(=O)NC(=O)C3(C)C2)n1. The third-order valence-electron chi connectivity index (χ3n) is 4.92. The van der Waals surface area contributed by atoms with Crippen molar-refractivity contribution in [2.45, 2.75) is 13.8 Å². The van der Waals surface area contributed by atoms with E-state index in [-0.39, 0.29) is 24.9 Å². The van der Waals surface area contributed by atoms with E-state index in [2.05, 4.69) is 15.6 Å². The molecule has 2 atom stereocenters. The van der Waals surface area contributed by atoms with Gasteiger partial charge in [0.15, 0.2) is 0 Å². The molecule has 2 unspecified atom stereocenters. The van der Waals surface area contributed by atoms with Crippen molar-refractivity contribution < 1.29 is 19.1 Å². The number of carbonyl (C=O) groups is 3. The number of methoxy groups -OCH3 is 1. The molecule has 0 spiro atoms. The topological polar surface area (TPSA) is 101 Å². The van der Waals surface area contributed by atoms with Crippen molar-refractivity contribution in [2.24, 2.45) is 10.8 Å². The number of pyridine rings is 1. The van der Waals surface area contributed by atoms with Crippen LogP contribution >= 0.6 is 0 Å². The number of hydrogen-bond acceptors (Lipinski definition) is 5. The summed E-state index contributed by atoms with van der Waals surface area (Å²) >= 11 is 0. The van der Waals surface area contributed by atoms with Gasteiger partial charge in [0.25, 0.3) is 0 Å². The van der Waals surface area contributed by atoms with E-state index in [0.717, 1.165) is 0 Å². The number of aromatic nitrogens is 1. The van der Waals surface area contributed by atoms with Crippen LogP contribution in [0.2, 0.25) is 0 Å².